The molecule has 1 N–H and O–H groups in total. The van der Waals surface area contributed by atoms with E-state index in [-0.39, 0.29) is 11.0 Å². The van der Waals surface area contributed by atoms with Gasteiger partial charge < -0.3 is 15.0 Å². The molecule has 0 radical (unpaired) electrons. The molecule has 0 amide bonds. The van der Waals surface area contributed by atoms with E-state index in [0.717, 1.165) is 19.4 Å². The van der Waals surface area contributed by atoms with Crippen LogP contribution in [0.4, 0.5) is 0 Å². The van der Waals surface area contributed by atoms with Crippen LogP contribution >= 0.6 is 23.8 Å². The van der Waals surface area contributed by atoms with Crippen LogP contribution in [0.3, 0.4) is 0 Å². The highest BCUT2D eigenvalue weighted by molar-refractivity contribution is 7.89. The van der Waals surface area contributed by atoms with E-state index < -0.39 is 10.0 Å². The van der Waals surface area contributed by atoms with Gasteiger partial charge >= 0.3 is 0 Å². The second-order valence-corrected chi connectivity index (χ2v) is 8.93. The van der Waals surface area contributed by atoms with Crippen LogP contribution in [-0.4, -0.2) is 68.2 Å². The third kappa shape index (κ3) is 4.62. The predicted molar refractivity (Wildman–Crippen MR) is 101 cm³/mol. The summed E-state index contributed by atoms with van der Waals surface area (Å²) in [4.78, 5) is 2.24. The Labute approximate surface area is 159 Å². The van der Waals surface area contributed by atoms with E-state index in [0.29, 0.717) is 42.9 Å². The summed E-state index contributed by atoms with van der Waals surface area (Å²) >= 11 is 11.3. The fraction of sp³-hybridized carbons (Fsp3) is 0.562. The molecule has 0 aliphatic carbocycles. The van der Waals surface area contributed by atoms with Crippen molar-refractivity contribution in [2.45, 2.75) is 23.8 Å². The SMILES string of the molecule is O=S(=O)(c1cccc(Cl)c1)N1CCN(C(=S)NC[C@H]2CCCO2)CC1. The van der Waals surface area contributed by atoms with Crippen LogP contribution in [-0.2, 0) is 14.8 Å². The second kappa shape index (κ2) is 8.18. The molecule has 138 valence electrons. The van der Waals surface area contributed by atoms with Gasteiger partial charge in [0.2, 0.25) is 10.0 Å². The van der Waals surface area contributed by atoms with Crippen LogP contribution in [0, 0.1) is 0 Å². The number of thiocarbonyl (C=S) groups is 1. The monoisotopic (exact) mass is 403 g/mol. The molecule has 2 fully saturated rings. The van der Waals surface area contributed by atoms with Gasteiger partial charge in [0, 0.05) is 44.4 Å². The lowest BCUT2D eigenvalue weighted by atomic mass is 10.2. The minimum atomic E-state index is -3.52. The van der Waals surface area contributed by atoms with E-state index in [1.165, 1.54) is 10.4 Å². The fourth-order valence-electron chi connectivity index (χ4n) is 3.03. The van der Waals surface area contributed by atoms with Crippen molar-refractivity contribution in [2.75, 3.05) is 39.3 Å². The molecule has 0 spiro atoms. The Balaban J connectivity index is 1.53. The first-order chi connectivity index (χ1) is 12.0. The van der Waals surface area contributed by atoms with Crippen molar-refractivity contribution >= 4 is 39.0 Å². The molecule has 0 bridgehead atoms. The Morgan fingerprint density at radius 2 is 2.08 bits per heavy atom. The predicted octanol–water partition coefficient (Wildman–Crippen LogP) is 1.70. The van der Waals surface area contributed by atoms with Crippen LogP contribution in [0.15, 0.2) is 29.2 Å². The largest absolute Gasteiger partial charge is 0.376 e. The number of sulfonamides is 1. The van der Waals surface area contributed by atoms with Gasteiger partial charge in [0.15, 0.2) is 5.11 Å². The molecule has 2 heterocycles. The average molecular weight is 404 g/mol. The molecule has 0 unspecified atom stereocenters. The van der Waals surface area contributed by atoms with Crippen molar-refractivity contribution in [2.24, 2.45) is 0 Å². The third-order valence-electron chi connectivity index (χ3n) is 4.46. The smallest absolute Gasteiger partial charge is 0.243 e. The summed E-state index contributed by atoms with van der Waals surface area (Å²) < 4.78 is 32.5. The van der Waals surface area contributed by atoms with E-state index in [1.54, 1.807) is 18.2 Å². The molecular weight excluding hydrogens is 382 g/mol. The lowest BCUT2D eigenvalue weighted by Gasteiger charge is -2.35. The Morgan fingerprint density at radius 1 is 1.32 bits per heavy atom. The normalized spacial score (nSPS) is 22.1. The van der Waals surface area contributed by atoms with Gasteiger partial charge in [-0.15, -0.1) is 0 Å². The average Bonchev–Trinajstić information content (AvgIpc) is 3.13. The standard InChI is InChI=1S/C16H22ClN3O3S2/c17-13-3-1-5-15(11-13)25(21,22)20-8-6-19(7-9-20)16(24)18-12-14-4-2-10-23-14/h1,3,5,11,14H,2,4,6-10,12H2,(H,18,24)/t14-/m1/s1. The van der Waals surface area contributed by atoms with Crippen molar-refractivity contribution in [1.29, 1.82) is 0 Å². The third-order valence-corrected chi connectivity index (χ3v) is 7.00. The van der Waals surface area contributed by atoms with E-state index in [4.69, 9.17) is 28.6 Å². The summed E-state index contributed by atoms with van der Waals surface area (Å²) in [5, 5.41) is 4.31. The molecule has 3 rings (SSSR count). The van der Waals surface area contributed by atoms with Gasteiger partial charge in [0.25, 0.3) is 0 Å². The van der Waals surface area contributed by atoms with E-state index >= 15 is 0 Å². The maximum atomic E-state index is 12.7. The summed E-state index contributed by atoms with van der Waals surface area (Å²) in [5.41, 5.74) is 0. The molecule has 2 aliphatic rings. The lowest BCUT2D eigenvalue weighted by molar-refractivity contribution is 0.113. The molecule has 0 saturated carbocycles. The number of halogens is 1. The van der Waals surface area contributed by atoms with Gasteiger partial charge in [-0.2, -0.15) is 4.31 Å². The number of benzene rings is 1. The molecule has 2 aliphatic heterocycles. The number of piperazine rings is 1. The van der Waals surface area contributed by atoms with Gasteiger partial charge in [-0.25, -0.2) is 8.42 Å². The first kappa shape index (κ1) is 18.8. The van der Waals surface area contributed by atoms with Crippen molar-refractivity contribution in [3.63, 3.8) is 0 Å². The summed E-state index contributed by atoms with van der Waals surface area (Å²) in [6.07, 6.45) is 2.38. The summed E-state index contributed by atoms with van der Waals surface area (Å²) in [6, 6.07) is 6.37. The first-order valence-electron chi connectivity index (χ1n) is 8.37. The molecule has 2 saturated heterocycles. The Morgan fingerprint density at radius 3 is 2.72 bits per heavy atom. The van der Waals surface area contributed by atoms with E-state index in [9.17, 15) is 8.42 Å². The number of rotatable bonds is 4. The van der Waals surface area contributed by atoms with Crippen molar-refractivity contribution in [3.05, 3.63) is 29.3 Å². The molecule has 1 aromatic rings. The number of nitrogens with zero attached hydrogens (tertiary/aromatic N) is 2. The topological polar surface area (TPSA) is 61.9 Å². The number of nitrogens with one attached hydrogen (secondary N) is 1. The minimum Gasteiger partial charge on any atom is -0.376 e. The molecular formula is C16H22ClN3O3S2. The molecule has 1 atom stereocenters. The summed E-state index contributed by atoms with van der Waals surface area (Å²) in [7, 11) is -3.52. The van der Waals surface area contributed by atoms with Gasteiger partial charge in [-0.1, -0.05) is 17.7 Å². The van der Waals surface area contributed by atoms with Crippen LogP contribution < -0.4 is 5.32 Å². The number of ether oxygens (including phenoxy) is 1. The van der Waals surface area contributed by atoms with Gasteiger partial charge in [0.1, 0.15) is 0 Å². The van der Waals surface area contributed by atoms with E-state index in [1.807, 2.05) is 4.90 Å². The maximum Gasteiger partial charge on any atom is 0.243 e. The summed E-state index contributed by atoms with van der Waals surface area (Å²) in [5.74, 6) is 0. The molecule has 25 heavy (non-hydrogen) atoms. The zero-order valence-electron chi connectivity index (χ0n) is 13.9. The highest BCUT2D eigenvalue weighted by atomic mass is 35.5. The molecule has 1 aromatic carbocycles. The Kier molecular flexibility index (Phi) is 6.17. The van der Waals surface area contributed by atoms with Crippen LogP contribution in [0.1, 0.15) is 12.8 Å². The first-order valence-corrected chi connectivity index (χ1v) is 10.6. The van der Waals surface area contributed by atoms with Gasteiger partial charge in [0.05, 0.1) is 11.0 Å². The zero-order chi connectivity index (χ0) is 17.9. The highest BCUT2D eigenvalue weighted by Crippen LogP contribution is 2.21. The van der Waals surface area contributed by atoms with Gasteiger partial charge in [-0.3, -0.25) is 0 Å². The summed E-state index contributed by atoms with van der Waals surface area (Å²) in [6.45, 7) is 3.46. The Hall–Kier alpha value is -0.930. The molecule has 0 aromatic heterocycles. The van der Waals surface area contributed by atoms with Crippen molar-refractivity contribution < 1.29 is 13.2 Å². The van der Waals surface area contributed by atoms with Crippen LogP contribution in [0.5, 0.6) is 0 Å². The highest BCUT2D eigenvalue weighted by Gasteiger charge is 2.29. The lowest BCUT2D eigenvalue weighted by Crippen LogP contribution is -2.53. The van der Waals surface area contributed by atoms with Crippen LogP contribution in [0.25, 0.3) is 0 Å². The second-order valence-electron chi connectivity index (χ2n) is 6.17. The van der Waals surface area contributed by atoms with E-state index in [2.05, 4.69) is 5.32 Å². The van der Waals surface area contributed by atoms with Gasteiger partial charge in [-0.05, 0) is 43.3 Å². The Bertz CT molecular complexity index is 715. The maximum absolute atomic E-state index is 12.7. The number of hydrogen-bond donors (Lipinski definition) is 1. The number of hydrogen-bond acceptors (Lipinski definition) is 4. The van der Waals surface area contributed by atoms with Crippen molar-refractivity contribution in [1.82, 2.24) is 14.5 Å². The molecule has 6 nitrogen and oxygen atoms in total. The minimum absolute atomic E-state index is 0.224. The van der Waals surface area contributed by atoms with Crippen LogP contribution in [0.2, 0.25) is 5.02 Å². The zero-order valence-corrected chi connectivity index (χ0v) is 16.2. The fourth-order valence-corrected chi connectivity index (χ4v) is 5.02. The molecule has 9 heteroatoms. The van der Waals surface area contributed by atoms with Crippen molar-refractivity contribution in [3.8, 4) is 0 Å². The quantitative estimate of drug-likeness (QED) is 0.772.